The van der Waals surface area contributed by atoms with Crippen LogP contribution >= 0.6 is 0 Å². The van der Waals surface area contributed by atoms with E-state index < -0.39 is 5.54 Å². The Hall–Kier alpha value is -1.91. The molecule has 108 valence electrons. The SMILES string of the molecule is CCC1(CC)NC(=O)CN(Cc2ccc(F)cc2)C1=O. The minimum absolute atomic E-state index is 0.0535. The van der Waals surface area contributed by atoms with E-state index in [4.69, 9.17) is 0 Å². The van der Waals surface area contributed by atoms with E-state index in [0.717, 1.165) is 5.56 Å². The highest BCUT2D eigenvalue weighted by atomic mass is 19.1. The van der Waals surface area contributed by atoms with E-state index >= 15 is 0 Å². The van der Waals surface area contributed by atoms with Crippen LogP contribution in [0.15, 0.2) is 24.3 Å². The highest BCUT2D eigenvalue weighted by molar-refractivity contribution is 5.97. The van der Waals surface area contributed by atoms with Gasteiger partial charge in [-0.15, -0.1) is 0 Å². The van der Waals surface area contributed by atoms with E-state index in [-0.39, 0.29) is 24.2 Å². The van der Waals surface area contributed by atoms with Crippen LogP contribution in [0, 0.1) is 5.82 Å². The summed E-state index contributed by atoms with van der Waals surface area (Å²) in [4.78, 5) is 25.9. The van der Waals surface area contributed by atoms with Gasteiger partial charge in [0.25, 0.3) is 0 Å². The second kappa shape index (κ2) is 5.61. The third-order valence-electron chi connectivity index (χ3n) is 3.90. The van der Waals surface area contributed by atoms with Crippen molar-refractivity contribution in [3.05, 3.63) is 35.6 Å². The summed E-state index contributed by atoms with van der Waals surface area (Å²) in [5.41, 5.74) is 0.0191. The fourth-order valence-electron chi connectivity index (χ4n) is 2.57. The van der Waals surface area contributed by atoms with Crippen molar-refractivity contribution in [2.75, 3.05) is 6.54 Å². The Bertz CT molecular complexity index is 509. The summed E-state index contributed by atoms with van der Waals surface area (Å²) in [5.74, 6) is -0.519. The molecule has 1 aromatic carbocycles. The zero-order valence-electron chi connectivity index (χ0n) is 11.8. The maximum absolute atomic E-state index is 12.9. The molecule has 1 heterocycles. The molecule has 1 aliphatic heterocycles. The van der Waals surface area contributed by atoms with Crippen molar-refractivity contribution in [1.82, 2.24) is 10.2 Å². The topological polar surface area (TPSA) is 49.4 Å². The van der Waals surface area contributed by atoms with Gasteiger partial charge in [0.05, 0.1) is 6.54 Å². The third kappa shape index (κ3) is 2.66. The van der Waals surface area contributed by atoms with Crippen LogP contribution in [-0.4, -0.2) is 28.8 Å². The molecule has 1 aliphatic rings. The minimum Gasteiger partial charge on any atom is -0.340 e. The molecule has 0 aliphatic carbocycles. The van der Waals surface area contributed by atoms with Gasteiger partial charge in [-0.25, -0.2) is 4.39 Å². The average Bonchev–Trinajstić information content (AvgIpc) is 2.45. The molecule has 5 heteroatoms. The molecular formula is C15H19FN2O2. The lowest BCUT2D eigenvalue weighted by Crippen LogP contribution is -2.65. The van der Waals surface area contributed by atoms with Crippen molar-refractivity contribution in [2.24, 2.45) is 0 Å². The first-order chi connectivity index (χ1) is 9.50. The van der Waals surface area contributed by atoms with E-state index in [1.165, 1.54) is 12.1 Å². The molecule has 0 unspecified atom stereocenters. The van der Waals surface area contributed by atoms with Gasteiger partial charge in [-0.3, -0.25) is 9.59 Å². The van der Waals surface area contributed by atoms with Crippen LogP contribution in [0.4, 0.5) is 4.39 Å². The lowest BCUT2D eigenvalue weighted by molar-refractivity contribution is -0.151. The molecular weight excluding hydrogens is 259 g/mol. The second-order valence-electron chi connectivity index (χ2n) is 5.13. The molecule has 1 aromatic rings. The number of nitrogens with one attached hydrogen (secondary N) is 1. The summed E-state index contributed by atoms with van der Waals surface area (Å²) in [6.07, 6.45) is 1.13. The Labute approximate surface area is 118 Å². The van der Waals surface area contributed by atoms with Crippen LogP contribution in [0.25, 0.3) is 0 Å². The highest BCUT2D eigenvalue weighted by Crippen LogP contribution is 2.23. The van der Waals surface area contributed by atoms with Crippen molar-refractivity contribution in [1.29, 1.82) is 0 Å². The number of nitrogens with zero attached hydrogens (tertiary/aromatic N) is 1. The molecule has 0 aromatic heterocycles. The van der Waals surface area contributed by atoms with E-state index in [2.05, 4.69) is 5.32 Å². The fraction of sp³-hybridized carbons (Fsp3) is 0.467. The summed E-state index contributed by atoms with van der Waals surface area (Å²) in [6, 6.07) is 5.98. The fourth-order valence-corrected chi connectivity index (χ4v) is 2.57. The highest BCUT2D eigenvalue weighted by Gasteiger charge is 2.43. The van der Waals surface area contributed by atoms with Gasteiger partial charge >= 0.3 is 0 Å². The first kappa shape index (κ1) is 14.5. The molecule has 1 saturated heterocycles. The molecule has 0 atom stereocenters. The number of hydrogen-bond acceptors (Lipinski definition) is 2. The van der Waals surface area contributed by atoms with Crippen molar-refractivity contribution < 1.29 is 14.0 Å². The molecule has 4 nitrogen and oxygen atoms in total. The lowest BCUT2D eigenvalue weighted by atomic mass is 9.88. The first-order valence-electron chi connectivity index (χ1n) is 6.85. The normalized spacial score (nSPS) is 18.1. The van der Waals surface area contributed by atoms with Gasteiger partial charge in [-0.1, -0.05) is 26.0 Å². The smallest absolute Gasteiger partial charge is 0.249 e. The van der Waals surface area contributed by atoms with Crippen LogP contribution < -0.4 is 5.32 Å². The zero-order chi connectivity index (χ0) is 14.8. The number of hydrogen-bond donors (Lipinski definition) is 1. The van der Waals surface area contributed by atoms with Crippen LogP contribution in [0.2, 0.25) is 0 Å². The first-order valence-corrected chi connectivity index (χ1v) is 6.85. The average molecular weight is 278 g/mol. The Morgan fingerprint density at radius 1 is 1.20 bits per heavy atom. The number of carbonyl (C=O) groups is 2. The summed E-state index contributed by atoms with van der Waals surface area (Å²) in [7, 11) is 0. The summed E-state index contributed by atoms with van der Waals surface area (Å²) in [5, 5.41) is 2.81. The lowest BCUT2D eigenvalue weighted by Gasteiger charge is -2.41. The standard InChI is InChI=1S/C15H19FN2O2/c1-3-15(4-2)14(20)18(10-13(19)17-15)9-11-5-7-12(16)8-6-11/h5-8H,3-4,9-10H2,1-2H3,(H,17,19). The van der Waals surface area contributed by atoms with E-state index in [1.54, 1.807) is 17.0 Å². The second-order valence-corrected chi connectivity index (χ2v) is 5.13. The summed E-state index contributed by atoms with van der Waals surface area (Å²) >= 11 is 0. The van der Waals surface area contributed by atoms with Crippen LogP contribution in [0.5, 0.6) is 0 Å². The Morgan fingerprint density at radius 3 is 2.35 bits per heavy atom. The van der Waals surface area contributed by atoms with Crippen molar-refractivity contribution in [3.63, 3.8) is 0 Å². The monoisotopic (exact) mass is 278 g/mol. The number of amides is 2. The largest absolute Gasteiger partial charge is 0.340 e. The Kier molecular flexibility index (Phi) is 4.06. The number of carbonyl (C=O) groups excluding carboxylic acids is 2. The van der Waals surface area contributed by atoms with Crippen LogP contribution in [0.3, 0.4) is 0 Å². The molecule has 0 radical (unpaired) electrons. The Morgan fingerprint density at radius 2 is 1.80 bits per heavy atom. The molecule has 0 spiro atoms. The Balaban J connectivity index is 2.20. The quantitative estimate of drug-likeness (QED) is 0.913. The van der Waals surface area contributed by atoms with Gasteiger partial charge in [0.2, 0.25) is 11.8 Å². The number of halogens is 1. The van der Waals surface area contributed by atoms with E-state index in [1.807, 2.05) is 13.8 Å². The van der Waals surface area contributed by atoms with Crippen molar-refractivity contribution >= 4 is 11.8 Å². The van der Waals surface area contributed by atoms with Gasteiger partial charge in [0.1, 0.15) is 11.4 Å². The maximum Gasteiger partial charge on any atom is 0.249 e. The van der Waals surface area contributed by atoms with Crippen LogP contribution in [0.1, 0.15) is 32.3 Å². The van der Waals surface area contributed by atoms with Gasteiger partial charge in [-0.05, 0) is 30.5 Å². The summed E-state index contributed by atoms with van der Waals surface area (Å²) < 4.78 is 12.9. The predicted molar refractivity (Wildman–Crippen MR) is 73.3 cm³/mol. The zero-order valence-corrected chi connectivity index (χ0v) is 11.8. The molecule has 2 rings (SSSR count). The van der Waals surface area contributed by atoms with Gasteiger partial charge in [0.15, 0.2) is 0 Å². The van der Waals surface area contributed by atoms with Gasteiger partial charge in [0, 0.05) is 6.54 Å². The molecule has 20 heavy (non-hydrogen) atoms. The van der Waals surface area contributed by atoms with Crippen molar-refractivity contribution in [3.8, 4) is 0 Å². The molecule has 1 fully saturated rings. The number of rotatable bonds is 4. The number of piperazine rings is 1. The molecule has 2 amide bonds. The number of benzene rings is 1. The summed E-state index contributed by atoms with van der Waals surface area (Å²) in [6.45, 7) is 4.17. The maximum atomic E-state index is 12.9. The molecule has 1 N–H and O–H groups in total. The third-order valence-corrected chi connectivity index (χ3v) is 3.90. The molecule has 0 bridgehead atoms. The van der Waals surface area contributed by atoms with Crippen molar-refractivity contribution in [2.45, 2.75) is 38.8 Å². The minimum atomic E-state index is -0.796. The van der Waals surface area contributed by atoms with E-state index in [0.29, 0.717) is 19.4 Å². The predicted octanol–water partition coefficient (Wildman–Crippen LogP) is 1.84. The van der Waals surface area contributed by atoms with Crippen LogP contribution in [-0.2, 0) is 16.1 Å². The van der Waals surface area contributed by atoms with Gasteiger partial charge < -0.3 is 10.2 Å². The van der Waals surface area contributed by atoms with Gasteiger partial charge in [-0.2, -0.15) is 0 Å². The van der Waals surface area contributed by atoms with E-state index in [9.17, 15) is 14.0 Å². The molecule has 0 saturated carbocycles.